The molecule has 0 N–H and O–H groups in total. The molecule has 0 atom stereocenters. The summed E-state index contributed by atoms with van der Waals surface area (Å²) in [6.45, 7) is 2.06. The summed E-state index contributed by atoms with van der Waals surface area (Å²) in [7, 11) is 0. The highest BCUT2D eigenvalue weighted by molar-refractivity contribution is 5.72. The van der Waals surface area contributed by atoms with Crippen molar-refractivity contribution in [3.05, 3.63) is 59.4 Å². The van der Waals surface area contributed by atoms with Gasteiger partial charge in [0.05, 0.1) is 5.69 Å². The van der Waals surface area contributed by atoms with Gasteiger partial charge in [-0.05, 0) is 48.6 Å². The highest BCUT2D eigenvalue weighted by Crippen LogP contribution is 2.30. The zero-order valence-corrected chi connectivity index (χ0v) is 9.98. The number of rotatable bonds is 1. The molecule has 1 aromatic heterocycles. The van der Waals surface area contributed by atoms with Crippen molar-refractivity contribution in [3.8, 4) is 11.1 Å². The average molecular weight is 221 g/mol. The molecule has 1 heteroatoms. The molecule has 0 unspecified atom stereocenters. The first-order valence-corrected chi connectivity index (χ1v) is 6.07. The second-order valence-electron chi connectivity index (χ2n) is 4.48. The maximum atomic E-state index is 4.61. The monoisotopic (exact) mass is 221 g/mol. The Kier molecular flexibility index (Phi) is 2.52. The first-order chi connectivity index (χ1) is 8.34. The van der Waals surface area contributed by atoms with Crippen molar-refractivity contribution in [3.63, 3.8) is 0 Å². The van der Waals surface area contributed by atoms with Crippen molar-refractivity contribution in [2.24, 2.45) is 0 Å². The van der Waals surface area contributed by atoms with E-state index in [1.165, 1.54) is 16.7 Å². The van der Waals surface area contributed by atoms with Crippen molar-refractivity contribution >= 4 is 6.08 Å². The Morgan fingerprint density at radius 2 is 1.94 bits per heavy atom. The Hall–Kier alpha value is -1.89. The lowest BCUT2D eigenvalue weighted by molar-refractivity contribution is 0.958. The largest absolute Gasteiger partial charge is 0.253 e. The predicted molar refractivity (Wildman–Crippen MR) is 71.8 cm³/mol. The van der Waals surface area contributed by atoms with Crippen LogP contribution in [0.15, 0.2) is 42.5 Å². The first kappa shape index (κ1) is 10.3. The predicted octanol–water partition coefficient (Wildman–Crippen LogP) is 4.02. The Balaban J connectivity index is 2.23. The van der Waals surface area contributed by atoms with Crippen LogP contribution in [0.1, 0.15) is 23.4 Å². The molecule has 0 spiro atoms. The second kappa shape index (κ2) is 4.17. The summed E-state index contributed by atoms with van der Waals surface area (Å²) in [5, 5.41) is 0. The fourth-order valence-electron chi connectivity index (χ4n) is 2.42. The van der Waals surface area contributed by atoms with Crippen molar-refractivity contribution in [2.75, 3.05) is 0 Å². The van der Waals surface area contributed by atoms with Gasteiger partial charge in [0.25, 0.3) is 0 Å². The number of fused-ring (bicyclic) bond motifs is 1. The standard InChI is InChI=1S/C16H15N/c1-12-11-15(13-7-3-2-4-8-13)14-9-5-6-10-16(14)17-12/h2-4,6-8,10-11H,5,9H2,1H3. The summed E-state index contributed by atoms with van der Waals surface area (Å²) < 4.78 is 0. The van der Waals surface area contributed by atoms with Gasteiger partial charge in [-0.25, -0.2) is 0 Å². The van der Waals surface area contributed by atoms with Gasteiger partial charge in [-0.1, -0.05) is 36.4 Å². The molecule has 1 aliphatic rings. The molecule has 0 radical (unpaired) electrons. The molecule has 0 saturated heterocycles. The third-order valence-electron chi connectivity index (χ3n) is 3.21. The zero-order valence-electron chi connectivity index (χ0n) is 9.98. The lowest BCUT2D eigenvalue weighted by atomic mass is 9.92. The van der Waals surface area contributed by atoms with Gasteiger partial charge in [0.15, 0.2) is 0 Å². The molecule has 17 heavy (non-hydrogen) atoms. The van der Waals surface area contributed by atoms with Crippen LogP contribution in [0.2, 0.25) is 0 Å². The van der Waals surface area contributed by atoms with Crippen LogP contribution in [-0.4, -0.2) is 4.98 Å². The SMILES string of the molecule is Cc1cc(-c2ccccc2)c2c(n1)C=CCC2. The van der Waals surface area contributed by atoms with E-state index in [9.17, 15) is 0 Å². The third kappa shape index (κ3) is 1.89. The lowest BCUT2D eigenvalue weighted by Gasteiger charge is -2.16. The van der Waals surface area contributed by atoms with Crippen LogP contribution in [-0.2, 0) is 6.42 Å². The van der Waals surface area contributed by atoms with Gasteiger partial charge in [-0.15, -0.1) is 0 Å². The van der Waals surface area contributed by atoms with Gasteiger partial charge in [0, 0.05) is 5.69 Å². The number of aromatic nitrogens is 1. The number of pyridine rings is 1. The van der Waals surface area contributed by atoms with Gasteiger partial charge < -0.3 is 0 Å². The van der Waals surface area contributed by atoms with Crippen molar-refractivity contribution in [1.29, 1.82) is 0 Å². The molecule has 0 amide bonds. The van der Waals surface area contributed by atoms with Crippen LogP contribution in [0.3, 0.4) is 0 Å². The smallest absolute Gasteiger partial charge is 0.0667 e. The topological polar surface area (TPSA) is 12.9 Å². The molecule has 1 heterocycles. The minimum atomic E-state index is 1.09. The summed E-state index contributed by atoms with van der Waals surface area (Å²) in [6.07, 6.45) is 6.59. The van der Waals surface area contributed by atoms with Crippen LogP contribution in [0.25, 0.3) is 17.2 Å². The molecule has 3 rings (SSSR count). The Morgan fingerprint density at radius 1 is 1.12 bits per heavy atom. The van der Waals surface area contributed by atoms with Gasteiger partial charge >= 0.3 is 0 Å². The van der Waals surface area contributed by atoms with Crippen LogP contribution in [0.5, 0.6) is 0 Å². The van der Waals surface area contributed by atoms with Gasteiger partial charge in [-0.3, -0.25) is 4.98 Å². The summed E-state index contributed by atoms with van der Waals surface area (Å²) in [6, 6.07) is 12.8. The number of allylic oxidation sites excluding steroid dienone is 1. The number of hydrogen-bond acceptors (Lipinski definition) is 1. The highest BCUT2D eigenvalue weighted by atomic mass is 14.7. The van der Waals surface area contributed by atoms with Crippen LogP contribution in [0, 0.1) is 6.92 Å². The summed E-state index contributed by atoms with van der Waals surface area (Å²) >= 11 is 0. The second-order valence-corrected chi connectivity index (χ2v) is 4.48. The van der Waals surface area contributed by atoms with E-state index in [0.717, 1.165) is 24.2 Å². The van der Waals surface area contributed by atoms with E-state index < -0.39 is 0 Å². The van der Waals surface area contributed by atoms with Gasteiger partial charge in [-0.2, -0.15) is 0 Å². The summed E-state index contributed by atoms with van der Waals surface area (Å²) in [4.78, 5) is 4.61. The van der Waals surface area contributed by atoms with E-state index in [1.807, 2.05) is 0 Å². The minimum Gasteiger partial charge on any atom is -0.253 e. The molecule has 1 aliphatic carbocycles. The fourth-order valence-corrected chi connectivity index (χ4v) is 2.42. The van der Waals surface area contributed by atoms with E-state index in [0.29, 0.717) is 0 Å². The number of benzene rings is 1. The number of aryl methyl sites for hydroxylation is 1. The van der Waals surface area contributed by atoms with E-state index in [4.69, 9.17) is 0 Å². The molecule has 84 valence electrons. The highest BCUT2D eigenvalue weighted by Gasteiger charge is 2.12. The van der Waals surface area contributed by atoms with E-state index in [-0.39, 0.29) is 0 Å². The molecular formula is C16H15N. The Labute approximate surface area is 102 Å². The fraction of sp³-hybridized carbons (Fsp3) is 0.188. The van der Waals surface area contributed by atoms with E-state index in [2.05, 4.69) is 60.5 Å². The quantitative estimate of drug-likeness (QED) is 0.708. The zero-order chi connectivity index (χ0) is 11.7. The molecule has 1 nitrogen and oxygen atoms in total. The minimum absolute atomic E-state index is 1.09. The van der Waals surface area contributed by atoms with Crippen LogP contribution < -0.4 is 0 Å². The molecule has 0 aliphatic heterocycles. The van der Waals surface area contributed by atoms with Crippen molar-refractivity contribution in [1.82, 2.24) is 4.98 Å². The van der Waals surface area contributed by atoms with Gasteiger partial charge in [0.2, 0.25) is 0 Å². The average Bonchev–Trinajstić information content (AvgIpc) is 2.39. The van der Waals surface area contributed by atoms with E-state index in [1.54, 1.807) is 0 Å². The maximum Gasteiger partial charge on any atom is 0.0667 e. The maximum absolute atomic E-state index is 4.61. The Morgan fingerprint density at radius 3 is 2.76 bits per heavy atom. The van der Waals surface area contributed by atoms with Crippen LogP contribution >= 0.6 is 0 Å². The number of nitrogens with zero attached hydrogens (tertiary/aromatic N) is 1. The van der Waals surface area contributed by atoms with E-state index >= 15 is 0 Å². The third-order valence-corrected chi connectivity index (χ3v) is 3.21. The molecule has 0 saturated carbocycles. The summed E-state index contributed by atoms with van der Waals surface area (Å²) in [5.74, 6) is 0. The molecule has 0 bridgehead atoms. The molecular weight excluding hydrogens is 206 g/mol. The molecule has 0 fully saturated rings. The Bertz CT molecular complexity index is 568. The molecule has 2 aromatic rings. The van der Waals surface area contributed by atoms with Gasteiger partial charge in [0.1, 0.15) is 0 Å². The number of hydrogen-bond donors (Lipinski definition) is 0. The van der Waals surface area contributed by atoms with Crippen molar-refractivity contribution < 1.29 is 0 Å². The van der Waals surface area contributed by atoms with Crippen LogP contribution in [0.4, 0.5) is 0 Å². The van der Waals surface area contributed by atoms with Crippen molar-refractivity contribution in [2.45, 2.75) is 19.8 Å². The summed E-state index contributed by atoms with van der Waals surface area (Å²) in [5.41, 5.74) is 6.27. The normalized spacial score (nSPS) is 13.5. The molecule has 1 aromatic carbocycles. The lowest BCUT2D eigenvalue weighted by Crippen LogP contribution is -2.01. The first-order valence-electron chi connectivity index (χ1n) is 6.07.